The van der Waals surface area contributed by atoms with Gasteiger partial charge in [0.05, 0.1) is 6.42 Å². The van der Waals surface area contributed by atoms with E-state index in [1.54, 1.807) is 0 Å². The average molecular weight is 270 g/mol. The number of alkyl halides is 3. The normalized spacial score (nSPS) is 13.8. The molecule has 0 saturated heterocycles. The Balaban J connectivity index is 2.77. The number of nitrogens with one attached hydrogen (secondary N) is 1. The van der Waals surface area contributed by atoms with Crippen molar-refractivity contribution in [2.24, 2.45) is 0 Å². The third-order valence-corrected chi connectivity index (χ3v) is 2.73. The molecule has 96 valence electrons. The molecule has 0 saturated carbocycles. The molecule has 17 heavy (non-hydrogen) atoms. The molecular weight excluding hydrogens is 258 g/mol. The minimum atomic E-state index is -4.26. The summed E-state index contributed by atoms with van der Waals surface area (Å²) in [6, 6.07) is 2.86. The summed E-state index contributed by atoms with van der Waals surface area (Å²) in [4.78, 5) is 0. The molecule has 0 aliphatic carbocycles. The van der Waals surface area contributed by atoms with Crippen LogP contribution in [0.25, 0.3) is 0 Å². The number of likely N-dealkylation sites (N-methyl/N-ethyl adjacent to an activating group) is 1. The molecule has 1 rings (SSSR count). The molecule has 1 nitrogen and oxygen atoms in total. The minimum Gasteiger partial charge on any atom is -0.316 e. The fourth-order valence-corrected chi connectivity index (χ4v) is 1.72. The Kier molecular flexibility index (Phi) is 4.77. The molecule has 1 aromatic rings. The van der Waals surface area contributed by atoms with Gasteiger partial charge in [-0.15, -0.1) is 0 Å². The van der Waals surface area contributed by atoms with Crippen LogP contribution in [0.4, 0.5) is 17.6 Å². The standard InChI is InChI=1S/C11H12ClF4N/c1-17-9(6-11(14,15)16)5-7-4-8(13)2-3-10(7)12/h2-4,9,17H,5-6H2,1H3. The zero-order chi connectivity index (χ0) is 13.1. The summed E-state index contributed by atoms with van der Waals surface area (Å²) < 4.78 is 49.6. The molecular formula is C11H12ClF4N. The Labute approximate surface area is 102 Å². The lowest BCUT2D eigenvalue weighted by Crippen LogP contribution is -2.33. The van der Waals surface area contributed by atoms with E-state index in [1.807, 2.05) is 0 Å². The van der Waals surface area contributed by atoms with Crippen molar-refractivity contribution in [3.05, 3.63) is 34.6 Å². The molecule has 1 N–H and O–H groups in total. The third-order valence-electron chi connectivity index (χ3n) is 2.36. The topological polar surface area (TPSA) is 12.0 Å². The first-order valence-electron chi connectivity index (χ1n) is 5.00. The second-order valence-corrected chi connectivity index (χ2v) is 4.15. The quantitative estimate of drug-likeness (QED) is 0.824. The highest BCUT2D eigenvalue weighted by atomic mass is 35.5. The van der Waals surface area contributed by atoms with Gasteiger partial charge in [0.25, 0.3) is 0 Å². The van der Waals surface area contributed by atoms with Crippen molar-refractivity contribution in [1.82, 2.24) is 5.32 Å². The van der Waals surface area contributed by atoms with E-state index in [0.29, 0.717) is 5.56 Å². The molecule has 0 aromatic heterocycles. The van der Waals surface area contributed by atoms with Gasteiger partial charge in [0.1, 0.15) is 5.82 Å². The zero-order valence-electron chi connectivity index (χ0n) is 9.11. The lowest BCUT2D eigenvalue weighted by Gasteiger charge is -2.18. The van der Waals surface area contributed by atoms with E-state index in [4.69, 9.17) is 11.6 Å². The lowest BCUT2D eigenvalue weighted by molar-refractivity contribution is -0.139. The van der Waals surface area contributed by atoms with Gasteiger partial charge in [-0.25, -0.2) is 4.39 Å². The Bertz CT molecular complexity index is 378. The maximum atomic E-state index is 12.9. The molecule has 0 bridgehead atoms. The molecule has 6 heteroatoms. The van der Waals surface area contributed by atoms with Crippen molar-refractivity contribution < 1.29 is 17.6 Å². The highest BCUT2D eigenvalue weighted by molar-refractivity contribution is 6.31. The number of halogens is 5. The predicted molar refractivity (Wildman–Crippen MR) is 58.6 cm³/mol. The summed E-state index contributed by atoms with van der Waals surface area (Å²) in [5, 5.41) is 2.82. The summed E-state index contributed by atoms with van der Waals surface area (Å²) >= 11 is 5.79. The highest BCUT2D eigenvalue weighted by Crippen LogP contribution is 2.25. The monoisotopic (exact) mass is 269 g/mol. The Morgan fingerprint density at radius 1 is 1.35 bits per heavy atom. The van der Waals surface area contributed by atoms with Crippen LogP contribution in [0.3, 0.4) is 0 Å². The Morgan fingerprint density at radius 3 is 2.53 bits per heavy atom. The second kappa shape index (κ2) is 5.69. The smallest absolute Gasteiger partial charge is 0.316 e. The van der Waals surface area contributed by atoms with Gasteiger partial charge in [0, 0.05) is 11.1 Å². The molecule has 0 heterocycles. The van der Waals surface area contributed by atoms with Crippen molar-refractivity contribution in [1.29, 1.82) is 0 Å². The molecule has 0 fully saturated rings. The van der Waals surface area contributed by atoms with Crippen LogP contribution in [0.5, 0.6) is 0 Å². The van der Waals surface area contributed by atoms with Gasteiger partial charge in [-0.2, -0.15) is 13.2 Å². The molecule has 0 aliphatic heterocycles. The van der Waals surface area contributed by atoms with Crippen LogP contribution < -0.4 is 5.32 Å². The van der Waals surface area contributed by atoms with Gasteiger partial charge >= 0.3 is 6.18 Å². The zero-order valence-corrected chi connectivity index (χ0v) is 9.87. The SMILES string of the molecule is CNC(Cc1cc(F)ccc1Cl)CC(F)(F)F. The molecule has 0 aliphatic rings. The summed E-state index contributed by atoms with van der Waals surface area (Å²) in [7, 11) is 1.43. The van der Waals surface area contributed by atoms with E-state index in [9.17, 15) is 17.6 Å². The molecule has 1 atom stereocenters. The minimum absolute atomic E-state index is 0.0343. The fraction of sp³-hybridized carbons (Fsp3) is 0.455. The van der Waals surface area contributed by atoms with Crippen molar-refractivity contribution in [2.75, 3.05) is 7.05 Å². The van der Waals surface area contributed by atoms with Gasteiger partial charge in [0.2, 0.25) is 0 Å². The summed E-state index contributed by atoms with van der Waals surface area (Å²) in [6.45, 7) is 0. The molecule has 1 aromatic carbocycles. The molecule has 0 spiro atoms. The second-order valence-electron chi connectivity index (χ2n) is 3.74. The van der Waals surface area contributed by atoms with Crippen LogP contribution in [-0.4, -0.2) is 19.3 Å². The number of hydrogen-bond acceptors (Lipinski definition) is 1. The van der Waals surface area contributed by atoms with Crippen LogP contribution in [-0.2, 0) is 6.42 Å². The maximum absolute atomic E-state index is 12.9. The van der Waals surface area contributed by atoms with Crippen molar-refractivity contribution >= 4 is 11.6 Å². The van der Waals surface area contributed by atoms with Crippen molar-refractivity contribution in [3.8, 4) is 0 Å². The van der Waals surface area contributed by atoms with Gasteiger partial charge in [-0.05, 0) is 37.2 Å². The van der Waals surface area contributed by atoms with E-state index < -0.39 is 24.5 Å². The number of rotatable bonds is 4. The Morgan fingerprint density at radius 2 is 2.00 bits per heavy atom. The van der Waals surface area contributed by atoms with Crippen LogP contribution >= 0.6 is 11.6 Å². The summed E-state index contributed by atoms with van der Waals surface area (Å²) in [5.41, 5.74) is 0.371. The van der Waals surface area contributed by atoms with Gasteiger partial charge < -0.3 is 5.32 Å². The van der Waals surface area contributed by atoms with E-state index in [2.05, 4.69) is 5.32 Å². The summed E-state index contributed by atoms with van der Waals surface area (Å²) in [6.07, 6.45) is -5.20. The molecule has 1 unspecified atom stereocenters. The van der Waals surface area contributed by atoms with Crippen LogP contribution in [0.1, 0.15) is 12.0 Å². The number of benzene rings is 1. The van der Waals surface area contributed by atoms with Crippen LogP contribution in [0.15, 0.2) is 18.2 Å². The number of hydrogen-bond donors (Lipinski definition) is 1. The molecule has 0 amide bonds. The first-order valence-corrected chi connectivity index (χ1v) is 5.37. The van der Waals surface area contributed by atoms with E-state index in [-0.39, 0.29) is 11.4 Å². The first kappa shape index (κ1) is 14.3. The highest BCUT2D eigenvalue weighted by Gasteiger charge is 2.31. The average Bonchev–Trinajstić information content (AvgIpc) is 2.20. The van der Waals surface area contributed by atoms with Crippen molar-refractivity contribution in [2.45, 2.75) is 25.1 Å². The van der Waals surface area contributed by atoms with Crippen molar-refractivity contribution in [3.63, 3.8) is 0 Å². The first-order chi connectivity index (χ1) is 7.81. The largest absolute Gasteiger partial charge is 0.390 e. The van der Waals surface area contributed by atoms with E-state index in [0.717, 1.165) is 6.07 Å². The van der Waals surface area contributed by atoms with Gasteiger partial charge in [0.15, 0.2) is 0 Å². The van der Waals surface area contributed by atoms with E-state index >= 15 is 0 Å². The van der Waals surface area contributed by atoms with Crippen LogP contribution in [0, 0.1) is 5.82 Å². The summed E-state index contributed by atoms with van der Waals surface area (Å²) in [5.74, 6) is -0.508. The predicted octanol–water partition coefficient (Wildman–Crippen LogP) is 3.56. The van der Waals surface area contributed by atoms with Gasteiger partial charge in [-0.3, -0.25) is 0 Å². The molecule has 0 radical (unpaired) electrons. The van der Waals surface area contributed by atoms with Gasteiger partial charge in [-0.1, -0.05) is 11.6 Å². The maximum Gasteiger partial charge on any atom is 0.390 e. The van der Waals surface area contributed by atoms with Crippen LogP contribution in [0.2, 0.25) is 5.02 Å². The van der Waals surface area contributed by atoms with E-state index in [1.165, 1.54) is 19.2 Å². The Hall–Kier alpha value is -0.810. The lowest BCUT2D eigenvalue weighted by atomic mass is 10.0. The third kappa shape index (κ3) is 4.91. The fourth-order valence-electron chi connectivity index (χ4n) is 1.52.